The highest BCUT2D eigenvalue weighted by molar-refractivity contribution is 6.08. The maximum atomic E-state index is 12.5. The van der Waals surface area contributed by atoms with Crippen molar-refractivity contribution in [2.24, 2.45) is 0 Å². The van der Waals surface area contributed by atoms with Crippen molar-refractivity contribution in [3.63, 3.8) is 0 Å². The summed E-state index contributed by atoms with van der Waals surface area (Å²) >= 11 is 0. The highest BCUT2D eigenvalue weighted by Gasteiger charge is 2.32. The molecule has 0 aliphatic carbocycles. The van der Waals surface area contributed by atoms with Crippen LogP contribution in [0.2, 0.25) is 0 Å². The van der Waals surface area contributed by atoms with Gasteiger partial charge in [-0.2, -0.15) is 0 Å². The van der Waals surface area contributed by atoms with Gasteiger partial charge in [0, 0.05) is 30.8 Å². The molecular formula is C18H19NO6. The molecule has 0 atom stereocenters. The molecule has 3 rings (SSSR count). The molecule has 0 saturated heterocycles. The predicted octanol–water partition coefficient (Wildman–Crippen LogP) is 2.85. The first-order chi connectivity index (χ1) is 12.0. The number of carbonyl (C=O) groups excluding carboxylic acids is 1. The zero-order chi connectivity index (χ0) is 18.1. The Balaban J connectivity index is 2.24. The van der Waals surface area contributed by atoms with E-state index in [1.807, 2.05) is 4.90 Å². The second-order valence-corrected chi connectivity index (χ2v) is 5.54. The lowest BCUT2D eigenvalue weighted by Crippen LogP contribution is -2.28. The van der Waals surface area contributed by atoms with Crippen molar-refractivity contribution >= 4 is 17.2 Å². The molecule has 0 aromatic heterocycles. The van der Waals surface area contributed by atoms with Crippen molar-refractivity contribution in [1.82, 2.24) is 0 Å². The number of benzene rings is 2. The third-order valence-corrected chi connectivity index (χ3v) is 4.21. The fourth-order valence-electron chi connectivity index (χ4n) is 3.03. The Hall–Kier alpha value is -3.09. The quantitative estimate of drug-likeness (QED) is 0.824. The summed E-state index contributed by atoms with van der Waals surface area (Å²) in [6, 6.07) is 6.21. The smallest absolute Gasteiger partial charge is 0.204 e. The SMILES string of the molecule is COc1cc2c(c(OC)c1OC)C(=O)CCN2c1ccc(O)c(O)c1. The van der Waals surface area contributed by atoms with Crippen LogP contribution in [-0.2, 0) is 0 Å². The van der Waals surface area contributed by atoms with E-state index < -0.39 is 0 Å². The zero-order valence-corrected chi connectivity index (χ0v) is 14.2. The standard InChI is InChI=1S/C18H19NO6/c1-23-15-9-11-16(18(25-3)17(15)24-2)13(21)6-7-19(11)10-4-5-12(20)14(22)8-10/h4-5,8-9,20,22H,6-7H2,1-3H3. The Labute approximate surface area is 145 Å². The number of aromatic hydroxyl groups is 2. The van der Waals surface area contributed by atoms with Gasteiger partial charge in [0.25, 0.3) is 0 Å². The van der Waals surface area contributed by atoms with Gasteiger partial charge < -0.3 is 29.3 Å². The minimum absolute atomic E-state index is 0.0629. The van der Waals surface area contributed by atoms with Crippen LogP contribution in [0, 0.1) is 0 Å². The molecule has 0 saturated carbocycles. The fraction of sp³-hybridized carbons (Fsp3) is 0.278. The minimum Gasteiger partial charge on any atom is -0.504 e. The molecular weight excluding hydrogens is 326 g/mol. The highest BCUT2D eigenvalue weighted by Crippen LogP contribution is 2.49. The summed E-state index contributed by atoms with van der Waals surface area (Å²) in [7, 11) is 4.46. The van der Waals surface area contributed by atoms with Crippen molar-refractivity contribution in [1.29, 1.82) is 0 Å². The number of Topliss-reactive ketones (excluding diaryl/α,β-unsaturated/α-hetero) is 1. The maximum absolute atomic E-state index is 12.5. The van der Waals surface area contributed by atoms with Crippen LogP contribution in [0.25, 0.3) is 0 Å². The molecule has 0 radical (unpaired) electrons. The number of fused-ring (bicyclic) bond motifs is 1. The number of phenols is 2. The lowest BCUT2D eigenvalue weighted by molar-refractivity contribution is 0.0977. The van der Waals surface area contributed by atoms with E-state index in [1.165, 1.54) is 33.5 Å². The summed E-state index contributed by atoms with van der Waals surface area (Å²) in [5.41, 5.74) is 1.63. The van der Waals surface area contributed by atoms with E-state index >= 15 is 0 Å². The first kappa shape index (κ1) is 16.8. The molecule has 1 heterocycles. The molecule has 7 heteroatoms. The van der Waals surface area contributed by atoms with Gasteiger partial charge in [-0.15, -0.1) is 0 Å². The van der Waals surface area contributed by atoms with Gasteiger partial charge in [0.2, 0.25) is 5.75 Å². The number of phenolic OH excluding ortho intramolecular Hbond substituents is 2. The average Bonchev–Trinajstić information content (AvgIpc) is 2.62. The number of anilines is 2. The summed E-state index contributed by atoms with van der Waals surface area (Å²) < 4.78 is 16.2. The summed E-state index contributed by atoms with van der Waals surface area (Å²) in [5.74, 6) is 0.597. The molecule has 0 unspecified atom stereocenters. The third-order valence-electron chi connectivity index (χ3n) is 4.21. The Morgan fingerprint density at radius 2 is 1.68 bits per heavy atom. The number of nitrogens with zero attached hydrogens (tertiary/aromatic N) is 1. The van der Waals surface area contributed by atoms with E-state index in [9.17, 15) is 15.0 Å². The second kappa shape index (κ2) is 6.43. The Kier molecular flexibility index (Phi) is 4.31. The van der Waals surface area contributed by atoms with E-state index in [2.05, 4.69) is 0 Å². The van der Waals surface area contributed by atoms with Gasteiger partial charge in [0.15, 0.2) is 28.8 Å². The molecule has 2 aromatic rings. The van der Waals surface area contributed by atoms with Crippen LogP contribution in [0.15, 0.2) is 24.3 Å². The fourth-order valence-corrected chi connectivity index (χ4v) is 3.03. The van der Waals surface area contributed by atoms with Crippen LogP contribution >= 0.6 is 0 Å². The van der Waals surface area contributed by atoms with Crippen molar-refractivity contribution in [3.8, 4) is 28.7 Å². The van der Waals surface area contributed by atoms with E-state index in [-0.39, 0.29) is 23.7 Å². The lowest BCUT2D eigenvalue weighted by Gasteiger charge is -2.32. The Bertz CT molecular complexity index is 833. The number of rotatable bonds is 4. The maximum Gasteiger partial charge on any atom is 0.204 e. The number of carbonyl (C=O) groups is 1. The van der Waals surface area contributed by atoms with E-state index in [1.54, 1.807) is 12.1 Å². The molecule has 1 aliphatic rings. The highest BCUT2D eigenvalue weighted by atomic mass is 16.5. The molecule has 2 N–H and O–H groups in total. The first-order valence-electron chi connectivity index (χ1n) is 7.67. The number of hydrogen-bond donors (Lipinski definition) is 2. The molecule has 0 spiro atoms. The third kappa shape index (κ3) is 2.67. The monoisotopic (exact) mass is 345 g/mol. The topological polar surface area (TPSA) is 88.5 Å². The zero-order valence-electron chi connectivity index (χ0n) is 14.2. The molecule has 7 nitrogen and oxygen atoms in total. The molecule has 0 amide bonds. The van der Waals surface area contributed by atoms with Crippen molar-refractivity contribution in [3.05, 3.63) is 29.8 Å². The Morgan fingerprint density at radius 3 is 2.28 bits per heavy atom. The van der Waals surface area contributed by atoms with E-state index in [0.717, 1.165) is 0 Å². The van der Waals surface area contributed by atoms with Gasteiger partial charge in [-0.3, -0.25) is 4.79 Å². The number of methoxy groups -OCH3 is 3. The van der Waals surface area contributed by atoms with Gasteiger partial charge in [-0.1, -0.05) is 0 Å². The largest absolute Gasteiger partial charge is 0.504 e. The number of hydrogen-bond acceptors (Lipinski definition) is 7. The van der Waals surface area contributed by atoms with Gasteiger partial charge >= 0.3 is 0 Å². The molecule has 1 aliphatic heterocycles. The number of ether oxygens (including phenoxy) is 3. The molecule has 2 aromatic carbocycles. The second-order valence-electron chi connectivity index (χ2n) is 5.54. The molecule has 132 valence electrons. The molecule has 0 fully saturated rings. The first-order valence-corrected chi connectivity index (χ1v) is 7.67. The summed E-state index contributed by atoms with van der Waals surface area (Å²) in [4.78, 5) is 14.4. The van der Waals surface area contributed by atoms with E-state index in [4.69, 9.17) is 14.2 Å². The van der Waals surface area contributed by atoms with Crippen LogP contribution in [0.3, 0.4) is 0 Å². The van der Waals surface area contributed by atoms with Crippen LogP contribution in [0.4, 0.5) is 11.4 Å². The molecule has 0 bridgehead atoms. The Morgan fingerprint density at radius 1 is 0.960 bits per heavy atom. The van der Waals surface area contributed by atoms with E-state index in [0.29, 0.717) is 40.7 Å². The minimum atomic E-state index is -0.233. The number of ketones is 1. The van der Waals surface area contributed by atoms with Crippen LogP contribution in [0.1, 0.15) is 16.8 Å². The van der Waals surface area contributed by atoms with Crippen LogP contribution < -0.4 is 19.1 Å². The van der Waals surface area contributed by atoms with Crippen molar-refractivity contribution in [2.75, 3.05) is 32.8 Å². The lowest BCUT2D eigenvalue weighted by atomic mass is 9.97. The van der Waals surface area contributed by atoms with Crippen LogP contribution in [0.5, 0.6) is 28.7 Å². The van der Waals surface area contributed by atoms with Gasteiger partial charge in [0.05, 0.1) is 32.6 Å². The molecule has 25 heavy (non-hydrogen) atoms. The van der Waals surface area contributed by atoms with Gasteiger partial charge in [-0.05, 0) is 12.1 Å². The van der Waals surface area contributed by atoms with Crippen molar-refractivity contribution in [2.45, 2.75) is 6.42 Å². The summed E-state index contributed by atoms with van der Waals surface area (Å²) in [5, 5.41) is 19.3. The van der Waals surface area contributed by atoms with Crippen LogP contribution in [-0.4, -0.2) is 43.9 Å². The van der Waals surface area contributed by atoms with Gasteiger partial charge in [0.1, 0.15) is 0 Å². The normalized spacial score (nSPS) is 13.4. The predicted molar refractivity (Wildman–Crippen MR) is 91.8 cm³/mol. The average molecular weight is 345 g/mol. The summed E-state index contributed by atoms with van der Waals surface area (Å²) in [6.07, 6.45) is 0.278. The summed E-state index contributed by atoms with van der Waals surface area (Å²) in [6.45, 7) is 0.425. The van der Waals surface area contributed by atoms with Gasteiger partial charge in [-0.25, -0.2) is 0 Å². The van der Waals surface area contributed by atoms with Crippen molar-refractivity contribution < 1.29 is 29.2 Å².